The van der Waals surface area contributed by atoms with E-state index in [4.69, 9.17) is 4.42 Å². The maximum Gasteiger partial charge on any atom is 0.220 e. The highest BCUT2D eigenvalue weighted by Gasteiger charge is 2.12. The maximum atomic E-state index is 12.2. The second-order valence-electron chi connectivity index (χ2n) is 5.10. The average Bonchev–Trinajstić information content (AvgIpc) is 2.98. The molecule has 0 saturated heterocycles. The van der Waals surface area contributed by atoms with Crippen molar-refractivity contribution in [3.63, 3.8) is 0 Å². The number of nitrogens with one attached hydrogen (secondary N) is 1. The van der Waals surface area contributed by atoms with Crippen molar-refractivity contribution < 1.29 is 14.0 Å². The Morgan fingerprint density at radius 3 is 2.67 bits per heavy atom. The number of amides is 1. The first kappa shape index (κ1) is 15.0. The molecule has 1 amide bonds. The molecule has 4 heteroatoms. The molecule has 0 aliphatic heterocycles. The number of carbonyl (C=O) groups excluding carboxylic acids is 2. The van der Waals surface area contributed by atoms with Crippen LogP contribution in [0, 0.1) is 13.8 Å². The predicted molar refractivity (Wildman–Crippen MR) is 80.0 cm³/mol. The zero-order valence-electron chi connectivity index (χ0n) is 12.3. The van der Waals surface area contributed by atoms with Gasteiger partial charge in [-0.1, -0.05) is 17.7 Å². The fourth-order valence-electron chi connectivity index (χ4n) is 2.09. The number of hydrogen-bond acceptors (Lipinski definition) is 3. The van der Waals surface area contributed by atoms with Gasteiger partial charge in [-0.25, -0.2) is 0 Å². The SMILES string of the molecule is Cc1ccc(C)c(C(=O)CCC(=O)NCc2ccco2)c1. The smallest absolute Gasteiger partial charge is 0.220 e. The van der Waals surface area contributed by atoms with Gasteiger partial charge in [0.15, 0.2) is 5.78 Å². The lowest BCUT2D eigenvalue weighted by Gasteiger charge is -2.06. The molecule has 1 aromatic heterocycles. The standard InChI is InChI=1S/C17H19NO3/c1-12-5-6-13(2)15(10-12)16(19)7-8-17(20)18-11-14-4-3-9-21-14/h3-6,9-10H,7-8,11H2,1-2H3,(H,18,20). The molecule has 110 valence electrons. The molecule has 0 spiro atoms. The minimum atomic E-state index is -0.148. The van der Waals surface area contributed by atoms with Crippen LogP contribution in [0.5, 0.6) is 0 Å². The van der Waals surface area contributed by atoms with Crippen LogP contribution in [-0.2, 0) is 11.3 Å². The molecule has 0 atom stereocenters. The van der Waals surface area contributed by atoms with Gasteiger partial charge in [0.05, 0.1) is 12.8 Å². The van der Waals surface area contributed by atoms with Crippen LogP contribution in [0.3, 0.4) is 0 Å². The summed E-state index contributed by atoms with van der Waals surface area (Å²) in [7, 11) is 0. The molecule has 1 N–H and O–H groups in total. The lowest BCUT2D eigenvalue weighted by molar-refractivity contribution is -0.121. The van der Waals surface area contributed by atoms with Gasteiger partial charge in [-0.2, -0.15) is 0 Å². The fraction of sp³-hybridized carbons (Fsp3) is 0.294. The molecule has 2 rings (SSSR count). The quantitative estimate of drug-likeness (QED) is 0.829. The van der Waals surface area contributed by atoms with E-state index in [-0.39, 0.29) is 24.5 Å². The van der Waals surface area contributed by atoms with Gasteiger partial charge >= 0.3 is 0 Å². The van der Waals surface area contributed by atoms with Crippen molar-refractivity contribution in [3.8, 4) is 0 Å². The molecular formula is C17H19NO3. The number of furan rings is 1. The van der Waals surface area contributed by atoms with Gasteiger partial charge in [-0.05, 0) is 37.6 Å². The fourth-order valence-corrected chi connectivity index (χ4v) is 2.09. The van der Waals surface area contributed by atoms with Crippen LogP contribution in [0.2, 0.25) is 0 Å². The van der Waals surface area contributed by atoms with E-state index in [1.807, 2.05) is 32.0 Å². The molecule has 0 radical (unpaired) electrons. The van der Waals surface area contributed by atoms with Crippen molar-refractivity contribution in [2.75, 3.05) is 0 Å². The molecule has 21 heavy (non-hydrogen) atoms. The van der Waals surface area contributed by atoms with E-state index in [0.717, 1.165) is 11.1 Å². The Bertz CT molecular complexity index is 629. The van der Waals surface area contributed by atoms with Gasteiger partial charge in [0.25, 0.3) is 0 Å². The molecule has 2 aromatic rings. The lowest BCUT2D eigenvalue weighted by atomic mass is 9.99. The molecule has 1 aromatic carbocycles. The van der Waals surface area contributed by atoms with Gasteiger partial charge in [0.2, 0.25) is 5.91 Å². The van der Waals surface area contributed by atoms with Crippen molar-refractivity contribution in [2.45, 2.75) is 33.2 Å². The number of rotatable bonds is 6. The Labute approximate surface area is 124 Å². The summed E-state index contributed by atoms with van der Waals surface area (Å²) in [4.78, 5) is 23.9. The van der Waals surface area contributed by atoms with Crippen LogP contribution in [0.4, 0.5) is 0 Å². The third-order valence-electron chi connectivity index (χ3n) is 3.31. The first-order chi connectivity index (χ1) is 10.1. The topological polar surface area (TPSA) is 59.3 Å². The van der Waals surface area contributed by atoms with E-state index in [1.165, 1.54) is 0 Å². The van der Waals surface area contributed by atoms with Crippen LogP contribution in [0.25, 0.3) is 0 Å². The Kier molecular flexibility index (Phi) is 4.93. The van der Waals surface area contributed by atoms with Gasteiger partial charge < -0.3 is 9.73 Å². The minimum absolute atomic E-state index is 0.00403. The van der Waals surface area contributed by atoms with E-state index in [1.54, 1.807) is 18.4 Å². The summed E-state index contributed by atoms with van der Waals surface area (Å²) < 4.78 is 5.13. The van der Waals surface area contributed by atoms with Gasteiger partial charge in [0, 0.05) is 18.4 Å². The maximum absolute atomic E-state index is 12.2. The lowest BCUT2D eigenvalue weighted by Crippen LogP contribution is -2.23. The van der Waals surface area contributed by atoms with Crippen LogP contribution in [0.15, 0.2) is 41.0 Å². The summed E-state index contributed by atoms with van der Waals surface area (Å²) in [6.45, 7) is 4.21. The highest BCUT2D eigenvalue weighted by atomic mass is 16.3. The van der Waals surface area contributed by atoms with Crippen molar-refractivity contribution in [1.82, 2.24) is 5.32 Å². The normalized spacial score (nSPS) is 10.4. The largest absolute Gasteiger partial charge is 0.467 e. The van der Waals surface area contributed by atoms with Gasteiger partial charge in [0.1, 0.15) is 5.76 Å². The van der Waals surface area contributed by atoms with E-state index in [0.29, 0.717) is 17.9 Å². The first-order valence-electron chi connectivity index (χ1n) is 6.96. The zero-order chi connectivity index (χ0) is 15.2. The van der Waals surface area contributed by atoms with E-state index >= 15 is 0 Å². The monoisotopic (exact) mass is 285 g/mol. The number of Topliss-reactive ketones (excluding diaryl/α,β-unsaturated/α-hetero) is 1. The Morgan fingerprint density at radius 2 is 1.95 bits per heavy atom. The zero-order valence-corrected chi connectivity index (χ0v) is 12.3. The summed E-state index contributed by atoms with van der Waals surface area (Å²) >= 11 is 0. The van der Waals surface area contributed by atoms with Crippen LogP contribution < -0.4 is 5.32 Å². The van der Waals surface area contributed by atoms with Gasteiger partial charge in [-0.15, -0.1) is 0 Å². The molecule has 0 unspecified atom stereocenters. The Morgan fingerprint density at radius 1 is 1.14 bits per heavy atom. The molecule has 0 aliphatic carbocycles. The van der Waals surface area contributed by atoms with Crippen LogP contribution in [0.1, 0.15) is 40.1 Å². The Hall–Kier alpha value is -2.36. The van der Waals surface area contributed by atoms with Crippen LogP contribution in [-0.4, -0.2) is 11.7 Å². The van der Waals surface area contributed by atoms with E-state index in [2.05, 4.69) is 5.32 Å². The molecule has 0 saturated carbocycles. The average molecular weight is 285 g/mol. The Balaban J connectivity index is 1.83. The molecule has 1 heterocycles. The highest BCUT2D eigenvalue weighted by Crippen LogP contribution is 2.13. The summed E-state index contributed by atoms with van der Waals surface area (Å²) in [6, 6.07) is 9.34. The molecule has 0 bridgehead atoms. The molecule has 4 nitrogen and oxygen atoms in total. The molecule has 0 aliphatic rings. The third-order valence-corrected chi connectivity index (χ3v) is 3.31. The predicted octanol–water partition coefficient (Wildman–Crippen LogP) is 3.18. The third kappa shape index (κ3) is 4.31. The second-order valence-corrected chi connectivity index (χ2v) is 5.10. The summed E-state index contributed by atoms with van der Waals surface area (Å²) in [5.41, 5.74) is 2.70. The number of benzene rings is 1. The summed E-state index contributed by atoms with van der Waals surface area (Å²) in [5, 5.41) is 2.73. The van der Waals surface area contributed by atoms with Crippen molar-refractivity contribution in [3.05, 3.63) is 59.0 Å². The minimum Gasteiger partial charge on any atom is -0.467 e. The second kappa shape index (κ2) is 6.88. The first-order valence-corrected chi connectivity index (χ1v) is 6.96. The molecule has 0 fully saturated rings. The highest BCUT2D eigenvalue weighted by molar-refractivity contribution is 5.99. The summed E-state index contributed by atoms with van der Waals surface area (Å²) in [5.74, 6) is 0.554. The van der Waals surface area contributed by atoms with Crippen LogP contribution >= 0.6 is 0 Å². The number of carbonyl (C=O) groups is 2. The van der Waals surface area contributed by atoms with Crippen molar-refractivity contribution in [1.29, 1.82) is 0 Å². The number of aryl methyl sites for hydroxylation is 2. The number of hydrogen-bond donors (Lipinski definition) is 1. The van der Waals surface area contributed by atoms with Crippen molar-refractivity contribution >= 4 is 11.7 Å². The van der Waals surface area contributed by atoms with Gasteiger partial charge in [-0.3, -0.25) is 9.59 Å². The van der Waals surface area contributed by atoms with E-state index in [9.17, 15) is 9.59 Å². The molecular weight excluding hydrogens is 266 g/mol. The van der Waals surface area contributed by atoms with Crippen molar-refractivity contribution in [2.24, 2.45) is 0 Å². The number of ketones is 1. The van der Waals surface area contributed by atoms with E-state index < -0.39 is 0 Å². The summed E-state index contributed by atoms with van der Waals surface area (Å²) in [6.07, 6.45) is 1.97.